The van der Waals surface area contributed by atoms with Gasteiger partial charge in [-0.25, -0.2) is 4.98 Å². The monoisotopic (exact) mass is 304 g/mol. The number of rotatable bonds is 6. The minimum Gasteiger partial charge on any atom is -0.508 e. The standard InChI is InChI=1S/C16H20N2O2S/c1-11(2)9-15(20)17-8-7-16-18-14(10-21-16)12-3-5-13(19)6-4-12/h3-6,10-11,19H,7-9H2,1-2H3,(H,17,20). The van der Waals surface area contributed by atoms with E-state index in [1.165, 1.54) is 0 Å². The zero-order chi connectivity index (χ0) is 15.2. The van der Waals surface area contributed by atoms with Gasteiger partial charge in [-0.15, -0.1) is 11.3 Å². The van der Waals surface area contributed by atoms with Crippen LogP contribution in [0.1, 0.15) is 25.3 Å². The maximum atomic E-state index is 11.6. The van der Waals surface area contributed by atoms with Gasteiger partial charge in [-0.05, 0) is 30.2 Å². The van der Waals surface area contributed by atoms with Gasteiger partial charge in [0, 0.05) is 30.3 Å². The van der Waals surface area contributed by atoms with Gasteiger partial charge in [-0.1, -0.05) is 13.8 Å². The highest BCUT2D eigenvalue weighted by Crippen LogP contribution is 2.23. The van der Waals surface area contributed by atoms with Crippen molar-refractivity contribution >= 4 is 17.2 Å². The third-order valence-corrected chi connectivity index (χ3v) is 3.88. The van der Waals surface area contributed by atoms with Gasteiger partial charge in [0.2, 0.25) is 5.91 Å². The summed E-state index contributed by atoms with van der Waals surface area (Å²) in [6, 6.07) is 7.00. The minimum atomic E-state index is 0.0975. The van der Waals surface area contributed by atoms with Crippen LogP contribution in [0.5, 0.6) is 5.75 Å². The molecule has 0 fully saturated rings. The quantitative estimate of drug-likeness (QED) is 0.861. The zero-order valence-electron chi connectivity index (χ0n) is 12.3. The molecule has 1 heterocycles. The predicted molar refractivity (Wildman–Crippen MR) is 85.4 cm³/mol. The van der Waals surface area contributed by atoms with Gasteiger partial charge in [0.15, 0.2) is 0 Å². The third-order valence-electron chi connectivity index (χ3n) is 2.97. The lowest BCUT2D eigenvalue weighted by Gasteiger charge is -2.05. The molecule has 0 spiro atoms. The van der Waals surface area contributed by atoms with Crippen LogP contribution in [0.2, 0.25) is 0 Å². The Morgan fingerprint density at radius 3 is 2.71 bits per heavy atom. The van der Waals surface area contributed by atoms with Gasteiger partial charge in [0.1, 0.15) is 5.75 Å². The number of carbonyl (C=O) groups excluding carboxylic acids is 1. The SMILES string of the molecule is CC(C)CC(=O)NCCc1nc(-c2ccc(O)cc2)cs1. The molecule has 4 nitrogen and oxygen atoms in total. The smallest absolute Gasteiger partial charge is 0.220 e. The summed E-state index contributed by atoms with van der Waals surface area (Å²) in [6.07, 6.45) is 1.31. The number of phenols is 1. The molecular formula is C16H20N2O2S. The molecule has 112 valence electrons. The van der Waals surface area contributed by atoms with Crippen molar-refractivity contribution in [3.05, 3.63) is 34.7 Å². The van der Waals surface area contributed by atoms with Crippen molar-refractivity contribution in [2.75, 3.05) is 6.54 Å². The van der Waals surface area contributed by atoms with Crippen LogP contribution in [0.4, 0.5) is 0 Å². The number of aromatic nitrogens is 1. The van der Waals surface area contributed by atoms with E-state index in [0.29, 0.717) is 18.9 Å². The summed E-state index contributed by atoms with van der Waals surface area (Å²) in [5.74, 6) is 0.730. The van der Waals surface area contributed by atoms with Crippen molar-refractivity contribution in [1.29, 1.82) is 0 Å². The maximum absolute atomic E-state index is 11.6. The molecule has 0 saturated carbocycles. The van der Waals surface area contributed by atoms with Crippen LogP contribution in [0, 0.1) is 5.92 Å². The van der Waals surface area contributed by atoms with E-state index in [1.807, 2.05) is 31.4 Å². The number of nitrogens with one attached hydrogen (secondary N) is 1. The molecule has 2 aromatic rings. The molecule has 2 N–H and O–H groups in total. The van der Waals surface area contributed by atoms with Crippen molar-refractivity contribution in [3.8, 4) is 17.0 Å². The Hall–Kier alpha value is -1.88. The maximum Gasteiger partial charge on any atom is 0.220 e. The van der Waals surface area contributed by atoms with E-state index in [1.54, 1.807) is 23.5 Å². The number of thiazole rings is 1. The van der Waals surface area contributed by atoms with Crippen LogP contribution >= 0.6 is 11.3 Å². The summed E-state index contributed by atoms with van der Waals surface area (Å²) in [4.78, 5) is 16.1. The molecule has 0 radical (unpaired) electrons. The Kier molecular flexibility index (Phi) is 5.33. The van der Waals surface area contributed by atoms with Crippen molar-refractivity contribution in [1.82, 2.24) is 10.3 Å². The highest BCUT2D eigenvalue weighted by atomic mass is 32.1. The average molecular weight is 304 g/mol. The largest absolute Gasteiger partial charge is 0.508 e. The van der Waals surface area contributed by atoms with Crippen LogP contribution in [-0.2, 0) is 11.2 Å². The molecule has 0 aliphatic carbocycles. The van der Waals surface area contributed by atoms with Crippen LogP contribution < -0.4 is 5.32 Å². The zero-order valence-corrected chi connectivity index (χ0v) is 13.1. The van der Waals surface area contributed by atoms with E-state index in [9.17, 15) is 9.90 Å². The van der Waals surface area contributed by atoms with Gasteiger partial charge >= 0.3 is 0 Å². The summed E-state index contributed by atoms with van der Waals surface area (Å²) in [6.45, 7) is 4.68. The molecule has 0 aliphatic heterocycles. The average Bonchev–Trinajstić information content (AvgIpc) is 2.87. The number of benzene rings is 1. The second-order valence-electron chi connectivity index (χ2n) is 5.37. The first-order valence-corrected chi connectivity index (χ1v) is 7.93. The summed E-state index contributed by atoms with van der Waals surface area (Å²) < 4.78 is 0. The first kappa shape index (κ1) is 15.5. The number of hydrogen-bond donors (Lipinski definition) is 2. The van der Waals surface area contributed by atoms with Crippen LogP contribution in [0.25, 0.3) is 11.3 Å². The second kappa shape index (κ2) is 7.22. The second-order valence-corrected chi connectivity index (χ2v) is 6.31. The van der Waals surface area contributed by atoms with Crippen molar-refractivity contribution in [2.45, 2.75) is 26.7 Å². The lowest BCUT2D eigenvalue weighted by atomic mass is 10.1. The topological polar surface area (TPSA) is 62.2 Å². The minimum absolute atomic E-state index is 0.0975. The molecule has 0 bridgehead atoms. The van der Waals surface area contributed by atoms with E-state index in [4.69, 9.17) is 0 Å². The number of phenolic OH excluding ortho intramolecular Hbond substituents is 1. The summed E-state index contributed by atoms with van der Waals surface area (Å²) >= 11 is 1.59. The molecule has 21 heavy (non-hydrogen) atoms. The van der Waals surface area contributed by atoms with E-state index in [-0.39, 0.29) is 11.7 Å². The van der Waals surface area contributed by atoms with Crippen LogP contribution in [0.15, 0.2) is 29.6 Å². The molecule has 0 atom stereocenters. The fourth-order valence-electron chi connectivity index (χ4n) is 1.94. The number of nitrogens with zero attached hydrogens (tertiary/aromatic N) is 1. The van der Waals surface area contributed by atoms with Gasteiger partial charge in [0.25, 0.3) is 0 Å². The first-order valence-electron chi connectivity index (χ1n) is 7.05. The van der Waals surface area contributed by atoms with Crippen LogP contribution in [-0.4, -0.2) is 22.5 Å². The number of carbonyl (C=O) groups is 1. The Morgan fingerprint density at radius 2 is 2.05 bits per heavy atom. The predicted octanol–water partition coefficient (Wildman–Crippen LogP) is 3.22. The Bertz CT molecular complexity index is 591. The van der Waals surface area contributed by atoms with E-state index in [0.717, 1.165) is 22.7 Å². The Balaban J connectivity index is 1.86. The van der Waals surface area contributed by atoms with Gasteiger partial charge in [-0.3, -0.25) is 4.79 Å². The summed E-state index contributed by atoms with van der Waals surface area (Å²) in [7, 11) is 0. The molecule has 0 saturated heterocycles. The Morgan fingerprint density at radius 1 is 1.33 bits per heavy atom. The van der Waals surface area contributed by atoms with Gasteiger partial charge in [0.05, 0.1) is 10.7 Å². The van der Waals surface area contributed by atoms with Gasteiger partial charge < -0.3 is 10.4 Å². The third kappa shape index (κ3) is 4.86. The fraction of sp³-hybridized carbons (Fsp3) is 0.375. The Labute approximate surface area is 128 Å². The highest BCUT2D eigenvalue weighted by molar-refractivity contribution is 7.09. The normalized spacial score (nSPS) is 10.8. The van der Waals surface area contributed by atoms with Crippen molar-refractivity contribution in [2.24, 2.45) is 5.92 Å². The first-order chi connectivity index (χ1) is 10.0. The highest BCUT2D eigenvalue weighted by Gasteiger charge is 2.07. The molecule has 1 aromatic heterocycles. The molecule has 1 amide bonds. The lowest BCUT2D eigenvalue weighted by Crippen LogP contribution is -2.26. The molecule has 0 aliphatic rings. The van der Waals surface area contributed by atoms with E-state index in [2.05, 4.69) is 10.3 Å². The van der Waals surface area contributed by atoms with E-state index >= 15 is 0 Å². The molecule has 1 aromatic carbocycles. The van der Waals surface area contributed by atoms with Crippen LogP contribution in [0.3, 0.4) is 0 Å². The summed E-state index contributed by atoms with van der Waals surface area (Å²) in [5, 5.41) is 15.2. The summed E-state index contributed by atoms with van der Waals surface area (Å²) in [5.41, 5.74) is 1.89. The fourth-order valence-corrected chi connectivity index (χ4v) is 2.75. The van der Waals surface area contributed by atoms with Gasteiger partial charge in [-0.2, -0.15) is 0 Å². The van der Waals surface area contributed by atoms with Crippen molar-refractivity contribution in [3.63, 3.8) is 0 Å². The number of hydrogen-bond acceptors (Lipinski definition) is 4. The van der Waals surface area contributed by atoms with Crippen molar-refractivity contribution < 1.29 is 9.90 Å². The molecule has 2 rings (SSSR count). The lowest BCUT2D eigenvalue weighted by molar-refractivity contribution is -0.121. The van der Waals surface area contributed by atoms with E-state index < -0.39 is 0 Å². The molecule has 5 heteroatoms. The number of amides is 1. The number of aromatic hydroxyl groups is 1. The molecular weight excluding hydrogens is 284 g/mol. The molecule has 0 unspecified atom stereocenters.